The Morgan fingerprint density at radius 2 is 1.17 bits per heavy atom. The van der Waals surface area contributed by atoms with E-state index in [-0.39, 0.29) is 11.5 Å². The molecular formula is C20H24N2O2. The topological polar surface area (TPSA) is 65.2 Å². The molecule has 0 aliphatic rings. The van der Waals surface area contributed by atoms with Gasteiger partial charge in [0.05, 0.1) is 13.1 Å². The first-order valence-electron chi connectivity index (χ1n) is 8.27. The molecule has 2 rings (SSSR count). The molecular weight excluding hydrogens is 300 g/mol. The molecule has 0 unspecified atom stereocenters. The van der Waals surface area contributed by atoms with Crippen LogP contribution in [0.2, 0.25) is 0 Å². The average molecular weight is 324 g/mol. The highest BCUT2D eigenvalue weighted by Crippen LogP contribution is 2.17. The number of aromatic hydroxyl groups is 2. The van der Waals surface area contributed by atoms with E-state index in [4.69, 9.17) is 0 Å². The number of hydrogen-bond acceptors (Lipinski definition) is 4. The van der Waals surface area contributed by atoms with Crippen LogP contribution in [0.3, 0.4) is 0 Å². The molecule has 4 heteroatoms. The van der Waals surface area contributed by atoms with Crippen molar-refractivity contribution in [2.75, 3.05) is 13.1 Å². The first kappa shape index (κ1) is 17.7. The van der Waals surface area contributed by atoms with Crippen molar-refractivity contribution in [1.82, 2.24) is 0 Å². The minimum atomic E-state index is 0.237. The Morgan fingerprint density at radius 1 is 0.750 bits per heavy atom. The summed E-state index contributed by atoms with van der Waals surface area (Å²) < 4.78 is 0. The largest absolute Gasteiger partial charge is 0.507 e. The molecule has 0 fully saturated rings. The van der Waals surface area contributed by atoms with Gasteiger partial charge in [0, 0.05) is 23.6 Å². The van der Waals surface area contributed by atoms with E-state index < -0.39 is 0 Å². The third kappa shape index (κ3) is 4.95. The van der Waals surface area contributed by atoms with Crippen molar-refractivity contribution in [2.24, 2.45) is 9.98 Å². The lowest BCUT2D eigenvalue weighted by molar-refractivity contribution is 0.473. The lowest BCUT2D eigenvalue weighted by Crippen LogP contribution is -1.93. The molecule has 0 atom stereocenters. The van der Waals surface area contributed by atoms with Gasteiger partial charge < -0.3 is 10.2 Å². The first-order chi connectivity index (χ1) is 11.6. The average Bonchev–Trinajstić information content (AvgIpc) is 2.60. The van der Waals surface area contributed by atoms with Crippen molar-refractivity contribution >= 4 is 12.4 Å². The second-order valence-corrected chi connectivity index (χ2v) is 5.56. The molecule has 0 aliphatic carbocycles. The summed E-state index contributed by atoms with van der Waals surface area (Å²) in [4.78, 5) is 8.61. The van der Waals surface area contributed by atoms with Gasteiger partial charge in [-0.15, -0.1) is 0 Å². The van der Waals surface area contributed by atoms with Gasteiger partial charge in [0.15, 0.2) is 0 Å². The minimum Gasteiger partial charge on any atom is -0.507 e. The van der Waals surface area contributed by atoms with Gasteiger partial charge >= 0.3 is 0 Å². The second-order valence-electron chi connectivity index (χ2n) is 5.56. The summed E-state index contributed by atoms with van der Waals surface area (Å²) in [6.07, 6.45) is 5.20. The van der Waals surface area contributed by atoms with Gasteiger partial charge in [-0.2, -0.15) is 0 Å². The number of aryl methyl sites for hydroxylation is 2. The van der Waals surface area contributed by atoms with E-state index in [1.165, 1.54) is 11.1 Å². The molecule has 0 heterocycles. The Balaban J connectivity index is 1.91. The van der Waals surface area contributed by atoms with E-state index in [1.54, 1.807) is 24.6 Å². The monoisotopic (exact) mass is 324 g/mol. The summed E-state index contributed by atoms with van der Waals surface area (Å²) in [6.45, 7) is 5.21. The maximum Gasteiger partial charge on any atom is 0.124 e. The quantitative estimate of drug-likeness (QED) is 0.601. The highest BCUT2D eigenvalue weighted by Gasteiger charge is 2.00. The molecule has 0 aliphatic heterocycles. The first-order valence-corrected chi connectivity index (χ1v) is 8.27. The molecule has 126 valence electrons. The molecule has 4 nitrogen and oxygen atoms in total. The zero-order chi connectivity index (χ0) is 17.4. The van der Waals surface area contributed by atoms with Crippen LogP contribution in [0.4, 0.5) is 0 Å². The number of benzene rings is 2. The second kappa shape index (κ2) is 8.87. The van der Waals surface area contributed by atoms with Crippen LogP contribution in [0.15, 0.2) is 46.4 Å². The Kier molecular flexibility index (Phi) is 6.55. The number of hydrogen-bond donors (Lipinski definition) is 2. The Bertz CT molecular complexity index is 673. The van der Waals surface area contributed by atoms with Crippen LogP contribution in [0.1, 0.15) is 36.1 Å². The van der Waals surface area contributed by atoms with Crippen molar-refractivity contribution in [1.29, 1.82) is 0 Å². The Morgan fingerprint density at radius 3 is 1.54 bits per heavy atom. The predicted octanol–water partition coefficient (Wildman–Crippen LogP) is 3.76. The third-order valence-electron chi connectivity index (χ3n) is 3.82. The number of phenolic OH excluding ortho intramolecular Hbond substituents is 2. The van der Waals surface area contributed by atoms with Gasteiger partial charge in [-0.05, 0) is 48.2 Å². The summed E-state index contributed by atoms with van der Waals surface area (Å²) >= 11 is 0. The van der Waals surface area contributed by atoms with E-state index in [1.807, 2.05) is 24.3 Å². The number of phenols is 2. The van der Waals surface area contributed by atoms with Gasteiger partial charge in [-0.25, -0.2) is 0 Å². The number of rotatable bonds is 7. The van der Waals surface area contributed by atoms with Crippen LogP contribution in [0.25, 0.3) is 0 Å². The van der Waals surface area contributed by atoms with E-state index in [2.05, 4.69) is 23.8 Å². The molecule has 0 aromatic heterocycles. The van der Waals surface area contributed by atoms with Crippen LogP contribution in [0.5, 0.6) is 11.5 Å². The highest BCUT2D eigenvalue weighted by atomic mass is 16.3. The SMILES string of the molecule is CCc1ccc(O)c(C=NCCN=Cc2cc(CC)ccc2O)c1. The summed E-state index contributed by atoms with van der Waals surface area (Å²) in [7, 11) is 0. The minimum absolute atomic E-state index is 0.237. The third-order valence-corrected chi connectivity index (χ3v) is 3.82. The van der Waals surface area contributed by atoms with Crippen molar-refractivity contribution in [3.8, 4) is 11.5 Å². The molecule has 0 bridgehead atoms. The molecule has 24 heavy (non-hydrogen) atoms. The van der Waals surface area contributed by atoms with Crippen LogP contribution in [-0.2, 0) is 12.8 Å². The number of nitrogens with zero attached hydrogens (tertiary/aromatic N) is 2. The zero-order valence-electron chi connectivity index (χ0n) is 14.2. The van der Waals surface area contributed by atoms with Crippen molar-refractivity contribution in [3.05, 3.63) is 58.7 Å². The molecule has 0 radical (unpaired) electrons. The molecule has 2 aromatic carbocycles. The maximum absolute atomic E-state index is 9.81. The maximum atomic E-state index is 9.81. The standard InChI is InChI=1S/C20H24N2O2/c1-3-15-5-7-19(23)17(11-15)13-21-9-10-22-14-18-12-16(4-2)6-8-20(18)24/h5-8,11-14,23-24H,3-4,9-10H2,1-2H3. The predicted molar refractivity (Wildman–Crippen MR) is 99.9 cm³/mol. The van der Waals surface area contributed by atoms with Crippen LogP contribution >= 0.6 is 0 Å². The summed E-state index contributed by atoms with van der Waals surface area (Å²) in [5.74, 6) is 0.474. The van der Waals surface area contributed by atoms with Gasteiger partial charge in [0.1, 0.15) is 11.5 Å². The van der Waals surface area contributed by atoms with Gasteiger partial charge in [0.2, 0.25) is 0 Å². The van der Waals surface area contributed by atoms with Crippen molar-refractivity contribution < 1.29 is 10.2 Å². The van der Waals surface area contributed by atoms with Crippen LogP contribution < -0.4 is 0 Å². The lowest BCUT2D eigenvalue weighted by atomic mass is 10.1. The molecule has 0 spiro atoms. The smallest absolute Gasteiger partial charge is 0.124 e. The van der Waals surface area contributed by atoms with Crippen molar-refractivity contribution in [2.45, 2.75) is 26.7 Å². The fourth-order valence-corrected chi connectivity index (χ4v) is 2.30. The highest BCUT2D eigenvalue weighted by molar-refractivity contribution is 5.84. The molecule has 0 amide bonds. The fourth-order valence-electron chi connectivity index (χ4n) is 2.30. The summed E-state index contributed by atoms with van der Waals surface area (Å²) in [6, 6.07) is 11.1. The van der Waals surface area contributed by atoms with Gasteiger partial charge in [0.25, 0.3) is 0 Å². The molecule has 0 saturated heterocycles. The van der Waals surface area contributed by atoms with E-state index >= 15 is 0 Å². The normalized spacial score (nSPS) is 11.6. The van der Waals surface area contributed by atoms with Gasteiger partial charge in [-0.1, -0.05) is 26.0 Å². The summed E-state index contributed by atoms with van der Waals surface area (Å²) in [5.41, 5.74) is 3.79. The molecule has 2 aromatic rings. The van der Waals surface area contributed by atoms with Crippen molar-refractivity contribution in [3.63, 3.8) is 0 Å². The van der Waals surface area contributed by atoms with Crippen LogP contribution in [0, 0.1) is 0 Å². The van der Waals surface area contributed by atoms with E-state index in [0.717, 1.165) is 24.0 Å². The fraction of sp³-hybridized carbons (Fsp3) is 0.300. The molecule has 2 N–H and O–H groups in total. The Hall–Kier alpha value is -2.62. The van der Waals surface area contributed by atoms with Gasteiger partial charge in [-0.3, -0.25) is 9.98 Å². The summed E-state index contributed by atoms with van der Waals surface area (Å²) in [5, 5.41) is 19.6. The number of aliphatic imine (C=N–C) groups is 2. The molecule has 0 saturated carbocycles. The van der Waals surface area contributed by atoms with E-state index in [0.29, 0.717) is 13.1 Å². The Labute approximate surface area is 143 Å². The lowest BCUT2D eigenvalue weighted by Gasteiger charge is -2.02. The van der Waals surface area contributed by atoms with Crippen LogP contribution in [-0.4, -0.2) is 35.7 Å². The van der Waals surface area contributed by atoms with E-state index in [9.17, 15) is 10.2 Å². The zero-order valence-corrected chi connectivity index (χ0v) is 14.2.